The molecule has 24 heavy (non-hydrogen) atoms. The molecule has 1 amide bonds. The van der Waals surface area contributed by atoms with Gasteiger partial charge in [-0.3, -0.25) is 4.79 Å². The Kier molecular flexibility index (Phi) is 5.66. The van der Waals surface area contributed by atoms with Crippen molar-refractivity contribution < 1.29 is 4.79 Å². The predicted molar refractivity (Wildman–Crippen MR) is 103 cm³/mol. The summed E-state index contributed by atoms with van der Waals surface area (Å²) in [4.78, 5) is 17.0. The Bertz CT molecular complexity index is 738. The second-order valence-electron chi connectivity index (χ2n) is 6.19. The molecule has 1 aliphatic rings. The number of hydrogen-bond acceptors (Lipinski definition) is 3. The summed E-state index contributed by atoms with van der Waals surface area (Å²) in [5.74, 6) is 0.354. The second kappa shape index (κ2) is 7.74. The molecule has 1 aliphatic carbocycles. The first-order valence-electron chi connectivity index (χ1n) is 8.29. The molecule has 1 saturated carbocycles. The van der Waals surface area contributed by atoms with Gasteiger partial charge in [0.1, 0.15) is 0 Å². The van der Waals surface area contributed by atoms with E-state index in [-0.39, 0.29) is 5.91 Å². The number of imidazole rings is 1. The zero-order valence-electron chi connectivity index (χ0n) is 14.0. The van der Waals surface area contributed by atoms with E-state index in [1.165, 1.54) is 43.1 Å². The lowest BCUT2D eigenvalue weighted by molar-refractivity contribution is -0.113. The zero-order chi connectivity index (χ0) is 17.1. The van der Waals surface area contributed by atoms with Gasteiger partial charge >= 0.3 is 0 Å². The number of hydrogen-bond donors (Lipinski definition) is 1. The van der Waals surface area contributed by atoms with Crippen LogP contribution in [0.5, 0.6) is 0 Å². The molecule has 6 heteroatoms. The number of benzene rings is 1. The summed E-state index contributed by atoms with van der Waals surface area (Å²) in [6.45, 7) is 4.18. The van der Waals surface area contributed by atoms with Crippen LogP contribution in [0.15, 0.2) is 33.9 Å². The Morgan fingerprint density at radius 3 is 2.75 bits per heavy atom. The van der Waals surface area contributed by atoms with Crippen molar-refractivity contribution >= 4 is 39.3 Å². The lowest BCUT2D eigenvalue weighted by atomic mass is 10.2. The van der Waals surface area contributed by atoms with E-state index in [1.54, 1.807) is 0 Å². The van der Waals surface area contributed by atoms with E-state index in [9.17, 15) is 4.79 Å². The van der Waals surface area contributed by atoms with Crippen LogP contribution < -0.4 is 5.32 Å². The van der Waals surface area contributed by atoms with Gasteiger partial charge in [-0.15, -0.1) is 0 Å². The average molecular weight is 408 g/mol. The third-order valence-electron chi connectivity index (χ3n) is 4.52. The Labute approximate surface area is 155 Å². The molecule has 0 aliphatic heterocycles. The van der Waals surface area contributed by atoms with E-state index in [0.717, 1.165) is 21.0 Å². The lowest BCUT2D eigenvalue weighted by Gasteiger charge is -2.17. The molecular formula is C18H22BrN3OS. The van der Waals surface area contributed by atoms with E-state index in [2.05, 4.69) is 37.7 Å². The highest BCUT2D eigenvalue weighted by Gasteiger charge is 2.23. The highest BCUT2D eigenvalue weighted by atomic mass is 79.9. The third kappa shape index (κ3) is 3.86. The number of aromatic nitrogens is 2. The van der Waals surface area contributed by atoms with Gasteiger partial charge < -0.3 is 9.88 Å². The number of halogens is 1. The van der Waals surface area contributed by atoms with E-state index in [4.69, 9.17) is 0 Å². The fraction of sp³-hybridized carbons (Fsp3) is 0.444. The lowest BCUT2D eigenvalue weighted by Crippen LogP contribution is -2.15. The molecule has 0 unspecified atom stereocenters. The molecule has 3 rings (SSSR count). The zero-order valence-corrected chi connectivity index (χ0v) is 16.4. The average Bonchev–Trinajstić information content (AvgIpc) is 3.17. The van der Waals surface area contributed by atoms with Crippen LogP contribution in [-0.4, -0.2) is 21.2 Å². The van der Waals surface area contributed by atoms with Crippen LogP contribution >= 0.6 is 27.7 Å². The highest BCUT2D eigenvalue weighted by Crippen LogP contribution is 2.35. The van der Waals surface area contributed by atoms with Crippen LogP contribution in [0.25, 0.3) is 0 Å². The number of para-hydroxylation sites is 1. The number of nitrogens with zero attached hydrogens (tertiary/aromatic N) is 2. The fourth-order valence-corrected chi connectivity index (χ4v) is 4.51. The van der Waals surface area contributed by atoms with Crippen molar-refractivity contribution in [1.29, 1.82) is 0 Å². The molecule has 1 N–H and O–H groups in total. The van der Waals surface area contributed by atoms with Crippen molar-refractivity contribution in [3.63, 3.8) is 0 Å². The summed E-state index contributed by atoms with van der Waals surface area (Å²) in [7, 11) is 0. The SMILES string of the molecule is Cc1nc(SCC(=O)Nc2ccccc2Br)n(C2CCCC2)c1C. The highest BCUT2D eigenvalue weighted by molar-refractivity contribution is 9.10. The minimum Gasteiger partial charge on any atom is -0.324 e. The fourth-order valence-electron chi connectivity index (χ4n) is 3.17. The van der Waals surface area contributed by atoms with Crippen molar-refractivity contribution in [2.45, 2.75) is 50.7 Å². The number of rotatable bonds is 5. The van der Waals surface area contributed by atoms with Crippen LogP contribution in [0.2, 0.25) is 0 Å². The van der Waals surface area contributed by atoms with Gasteiger partial charge in [0.05, 0.1) is 17.1 Å². The molecule has 1 aromatic carbocycles. The van der Waals surface area contributed by atoms with Crippen LogP contribution in [0, 0.1) is 13.8 Å². The summed E-state index contributed by atoms with van der Waals surface area (Å²) in [5, 5.41) is 3.92. The van der Waals surface area contributed by atoms with Gasteiger partial charge in [0.25, 0.3) is 0 Å². The van der Waals surface area contributed by atoms with Crippen molar-refractivity contribution in [3.05, 3.63) is 40.1 Å². The number of carbonyl (C=O) groups is 1. The molecule has 4 nitrogen and oxygen atoms in total. The maximum Gasteiger partial charge on any atom is 0.234 e. The van der Waals surface area contributed by atoms with Crippen molar-refractivity contribution in [2.75, 3.05) is 11.1 Å². The molecule has 128 valence electrons. The minimum atomic E-state index is -0.0109. The Morgan fingerprint density at radius 1 is 1.33 bits per heavy atom. The van der Waals surface area contributed by atoms with Gasteiger partial charge in [-0.1, -0.05) is 36.7 Å². The predicted octanol–water partition coefficient (Wildman–Crippen LogP) is 5.11. The molecule has 0 spiro atoms. The van der Waals surface area contributed by atoms with Crippen molar-refractivity contribution in [3.8, 4) is 0 Å². The standard InChI is InChI=1S/C18H22BrN3OS/c1-12-13(2)22(14-7-3-4-8-14)18(20-12)24-11-17(23)21-16-10-6-5-9-15(16)19/h5-6,9-10,14H,3-4,7-8,11H2,1-2H3,(H,21,23). The van der Waals surface area contributed by atoms with E-state index in [0.29, 0.717) is 11.8 Å². The monoisotopic (exact) mass is 407 g/mol. The Balaban J connectivity index is 1.67. The topological polar surface area (TPSA) is 46.9 Å². The Hall–Kier alpha value is -1.27. The van der Waals surface area contributed by atoms with Gasteiger partial charge in [-0.05, 0) is 54.8 Å². The van der Waals surface area contributed by atoms with Gasteiger partial charge in [0.15, 0.2) is 5.16 Å². The van der Waals surface area contributed by atoms with Gasteiger partial charge in [0.2, 0.25) is 5.91 Å². The molecule has 0 bridgehead atoms. The first-order valence-corrected chi connectivity index (χ1v) is 10.1. The summed E-state index contributed by atoms with van der Waals surface area (Å²) in [5.41, 5.74) is 3.10. The summed E-state index contributed by atoms with van der Waals surface area (Å²) < 4.78 is 3.24. The van der Waals surface area contributed by atoms with Crippen LogP contribution in [0.3, 0.4) is 0 Å². The molecule has 2 aromatic rings. The number of nitrogens with one attached hydrogen (secondary N) is 1. The molecule has 1 fully saturated rings. The number of amides is 1. The maximum atomic E-state index is 12.3. The summed E-state index contributed by atoms with van der Waals surface area (Å²) in [6, 6.07) is 8.19. The largest absolute Gasteiger partial charge is 0.324 e. The van der Waals surface area contributed by atoms with Crippen LogP contribution in [-0.2, 0) is 4.79 Å². The molecule has 0 atom stereocenters. The molecule has 0 saturated heterocycles. The summed E-state index contributed by atoms with van der Waals surface area (Å²) >= 11 is 4.98. The van der Waals surface area contributed by atoms with Crippen LogP contribution in [0.4, 0.5) is 5.69 Å². The number of aryl methyl sites for hydroxylation is 1. The second-order valence-corrected chi connectivity index (χ2v) is 7.99. The van der Waals surface area contributed by atoms with Gasteiger partial charge in [-0.25, -0.2) is 4.98 Å². The number of carbonyl (C=O) groups excluding carboxylic acids is 1. The van der Waals surface area contributed by atoms with Crippen LogP contribution in [0.1, 0.15) is 43.1 Å². The van der Waals surface area contributed by atoms with Gasteiger partial charge in [0, 0.05) is 16.2 Å². The Morgan fingerprint density at radius 2 is 2.04 bits per heavy atom. The number of thioether (sulfide) groups is 1. The normalized spacial score (nSPS) is 15.0. The van der Waals surface area contributed by atoms with E-state index in [1.807, 2.05) is 31.2 Å². The van der Waals surface area contributed by atoms with E-state index >= 15 is 0 Å². The molecule has 1 aromatic heterocycles. The first-order chi connectivity index (χ1) is 11.6. The van der Waals surface area contributed by atoms with Crippen molar-refractivity contribution in [2.24, 2.45) is 0 Å². The van der Waals surface area contributed by atoms with E-state index < -0.39 is 0 Å². The smallest absolute Gasteiger partial charge is 0.234 e. The maximum absolute atomic E-state index is 12.3. The minimum absolute atomic E-state index is 0.0109. The molecular weight excluding hydrogens is 386 g/mol. The molecule has 0 radical (unpaired) electrons. The third-order valence-corrected chi connectivity index (χ3v) is 6.17. The van der Waals surface area contributed by atoms with Gasteiger partial charge in [-0.2, -0.15) is 0 Å². The molecule has 1 heterocycles. The first kappa shape index (κ1) is 17.5. The van der Waals surface area contributed by atoms with Crippen molar-refractivity contribution in [1.82, 2.24) is 9.55 Å². The quantitative estimate of drug-likeness (QED) is 0.700. The number of anilines is 1. The summed E-state index contributed by atoms with van der Waals surface area (Å²) in [6.07, 6.45) is 5.00.